The molecule has 17 heteroatoms. The van der Waals surface area contributed by atoms with E-state index in [1.165, 1.54) is 25.5 Å². The van der Waals surface area contributed by atoms with E-state index in [4.69, 9.17) is 24.2 Å². The van der Waals surface area contributed by atoms with Crippen LogP contribution in [0.15, 0.2) is 24.5 Å². The highest BCUT2D eigenvalue weighted by molar-refractivity contribution is 7.46. The monoisotopic (exact) mass is 588 g/mol. The Kier molecular flexibility index (Phi) is 6.95. The molecule has 6 rings (SSSR count). The first-order valence-electron chi connectivity index (χ1n) is 12.6. The van der Waals surface area contributed by atoms with Gasteiger partial charge in [0.25, 0.3) is 0 Å². The number of ether oxygens (including phenoxy) is 2. The number of phosphoric ester groups is 1. The number of amides is 1. The second-order valence-electron chi connectivity index (χ2n) is 9.82. The topological polar surface area (TPSA) is 188 Å². The molecular formula is C24H26FN8O7P. The number of benzene rings is 1. The van der Waals surface area contributed by atoms with Crippen molar-refractivity contribution in [1.82, 2.24) is 30.2 Å². The van der Waals surface area contributed by atoms with Gasteiger partial charge in [0.1, 0.15) is 23.1 Å². The van der Waals surface area contributed by atoms with Crippen molar-refractivity contribution in [3.63, 3.8) is 0 Å². The summed E-state index contributed by atoms with van der Waals surface area (Å²) in [6.45, 7) is 3.12. The van der Waals surface area contributed by atoms with Gasteiger partial charge in [-0.3, -0.25) is 4.90 Å². The summed E-state index contributed by atoms with van der Waals surface area (Å²) in [5.41, 5.74) is 0.802. The fourth-order valence-corrected chi connectivity index (χ4v) is 5.44. The molecule has 2 atom stereocenters. The zero-order chi connectivity index (χ0) is 28.9. The van der Waals surface area contributed by atoms with Gasteiger partial charge in [0.2, 0.25) is 6.79 Å². The number of halogens is 1. The quantitative estimate of drug-likeness (QED) is 0.182. The zero-order valence-electron chi connectivity index (χ0n) is 21.9. The predicted molar refractivity (Wildman–Crippen MR) is 143 cm³/mol. The first-order chi connectivity index (χ1) is 19.6. The number of aryl methyl sites for hydroxylation is 1. The molecule has 4 N–H and O–H groups in total. The van der Waals surface area contributed by atoms with Gasteiger partial charge in [-0.1, -0.05) is 0 Å². The van der Waals surface area contributed by atoms with Crippen LogP contribution in [0.5, 0.6) is 11.8 Å². The van der Waals surface area contributed by atoms with Crippen LogP contribution < -0.4 is 19.9 Å². The van der Waals surface area contributed by atoms with E-state index in [1.807, 2.05) is 0 Å². The number of phosphoric acid groups is 1. The van der Waals surface area contributed by atoms with E-state index in [0.29, 0.717) is 57.8 Å². The normalized spacial score (nSPS) is 18.7. The number of carbonyl (C=O) groups is 1. The van der Waals surface area contributed by atoms with E-state index in [1.54, 1.807) is 6.92 Å². The zero-order valence-corrected chi connectivity index (χ0v) is 22.8. The molecule has 41 heavy (non-hydrogen) atoms. The molecule has 1 amide bonds. The van der Waals surface area contributed by atoms with Crippen LogP contribution in [0.1, 0.15) is 12.2 Å². The lowest BCUT2D eigenvalue weighted by atomic mass is 10.1. The summed E-state index contributed by atoms with van der Waals surface area (Å²) in [5.74, 6) is 1.25. The molecule has 2 aliphatic heterocycles. The maximum Gasteiger partial charge on any atom is 0.472 e. The molecule has 0 unspecified atom stereocenters. The van der Waals surface area contributed by atoms with Gasteiger partial charge < -0.3 is 34.5 Å². The number of carbonyl (C=O) groups excluding carboxylic acids is 1. The SMILES string of the molecule is Cc1ncc(Oc2nc(N3C[C@H]4CCN[C@H]4C3)c3c(n2)[nH]c2c(N(C)C(=O)OCOP(=O)(O)O)cc(F)cc23)cn1. The predicted octanol–water partition coefficient (Wildman–Crippen LogP) is 2.58. The first-order valence-corrected chi connectivity index (χ1v) is 14.2. The Morgan fingerprint density at radius 1 is 1.24 bits per heavy atom. The number of anilines is 2. The van der Waals surface area contributed by atoms with Crippen LogP contribution in [0, 0.1) is 18.7 Å². The Morgan fingerprint density at radius 2 is 2.02 bits per heavy atom. The molecule has 5 heterocycles. The van der Waals surface area contributed by atoms with Crippen LogP contribution in [0.4, 0.5) is 20.7 Å². The maximum atomic E-state index is 15.0. The molecule has 216 valence electrons. The minimum absolute atomic E-state index is 0.0286. The van der Waals surface area contributed by atoms with Gasteiger partial charge in [0.15, 0.2) is 5.75 Å². The Balaban J connectivity index is 1.43. The lowest BCUT2D eigenvalue weighted by Gasteiger charge is -2.20. The van der Waals surface area contributed by atoms with Gasteiger partial charge >= 0.3 is 19.9 Å². The fourth-order valence-electron chi connectivity index (χ4n) is 5.25. The van der Waals surface area contributed by atoms with Gasteiger partial charge in [-0.05, 0) is 37.9 Å². The average molecular weight is 588 g/mol. The molecule has 2 fully saturated rings. The van der Waals surface area contributed by atoms with Crippen molar-refractivity contribution in [3.8, 4) is 11.8 Å². The van der Waals surface area contributed by atoms with E-state index in [2.05, 4.69) is 34.7 Å². The van der Waals surface area contributed by atoms with Crippen LogP contribution in [-0.4, -0.2) is 80.3 Å². The number of H-pyrrole nitrogens is 1. The summed E-state index contributed by atoms with van der Waals surface area (Å²) in [4.78, 5) is 54.1. The fraction of sp³-hybridized carbons (Fsp3) is 0.375. The lowest BCUT2D eigenvalue weighted by Crippen LogP contribution is -2.30. The minimum atomic E-state index is -4.85. The van der Waals surface area contributed by atoms with Crippen molar-refractivity contribution in [2.75, 3.05) is 43.3 Å². The number of rotatable bonds is 7. The van der Waals surface area contributed by atoms with Gasteiger partial charge in [-0.25, -0.2) is 28.2 Å². The molecule has 2 aliphatic rings. The average Bonchev–Trinajstić information content (AvgIpc) is 3.61. The Bertz CT molecular complexity index is 1670. The second-order valence-corrected chi connectivity index (χ2v) is 11.1. The molecule has 0 spiro atoms. The van der Waals surface area contributed by atoms with Crippen molar-refractivity contribution in [3.05, 3.63) is 36.2 Å². The molecule has 4 aromatic rings. The molecule has 3 aromatic heterocycles. The number of aromatic amines is 1. The molecule has 0 saturated carbocycles. The van der Waals surface area contributed by atoms with Crippen molar-refractivity contribution >= 4 is 47.4 Å². The molecule has 0 aliphatic carbocycles. The molecular weight excluding hydrogens is 562 g/mol. The van der Waals surface area contributed by atoms with Gasteiger partial charge in [0, 0.05) is 31.6 Å². The number of fused-ring (bicyclic) bond motifs is 4. The number of nitrogens with zero attached hydrogens (tertiary/aromatic N) is 6. The van der Waals surface area contributed by atoms with Gasteiger partial charge in [0.05, 0.1) is 29.0 Å². The minimum Gasteiger partial charge on any atom is -0.421 e. The molecule has 0 bridgehead atoms. The summed E-state index contributed by atoms with van der Waals surface area (Å²) in [5, 5.41) is 4.47. The van der Waals surface area contributed by atoms with Crippen LogP contribution in [-0.2, 0) is 13.8 Å². The first kappa shape index (κ1) is 27.2. The summed E-state index contributed by atoms with van der Waals surface area (Å²) in [6, 6.07) is 2.77. The lowest BCUT2D eigenvalue weighted by molar-refractivity contribution is 0.0440. The number of hydrogen-bond acceptors (Lipinski definition) is 11. The highest BCUT2D eigenvalue weighted by Gasteiger charge is 2.38. The smallest absolute Gasteiger partial charge is 0.421 e. The second kappa shape index (κ2) is 10.5. The standard InChI is InChI=1S/C24H26FN8O7P/c1-12-27-7-15(8-28-12)40-23-30-21-19(22(31-23)33-9-13-3-4-26-17(13)10-33)16-5-14(25)6-18(20(16)29-21)32(2)24(34)38-11-39-41(35,36)37/h5-8,13,17,26H,3-4,9-11H2,1-2H3,(H,29,30,31)(H2,35,36,37)/t13-,17+/m1/s1. The molecule has 15 nitrogen and oxygen atoms in total. The summed E-state index contributed by atoms with van der Waals surface area (Å²) >= 11 is 0. The van der Waals surface area contributed by atoms with E-state index >= 15 is 4.39 Å². The van der Waals surface area contributed by atoms with Gasteiger partial charge in [-0.15, -0.1) is 0 Å². The number of nitrogens with one attached hydrogen (secondary N) is 2. The highest BCUT2D eigenvalue weighted by atomic mass is 31.2. The summed E-state index contributed by atoms with van der Waals surface area (Å²) in [7, 11) is -3.53. The third kappa shape index (κ3) is 5.52. The van der Waals surface area contributed by atoms with E-state index in [0.717, 1.165) is 30.5 Å². The van der Waals surface area contributed by atoms with Crippen molar-refractivity contribution in [1.29, 1.82) is 0 Å². The number of aromatic nitrogens is 5. The van der Waals surface area contributed by atoms with Crippen LogP contribution in [0.2, 0.25) is 0 Å². The molecule has 1 aromatic carbocycles. The highest BCUT2D eigenvalue weighted by Crippen LogP contribution is 2.40. The Morgan fingerprint density at radius 3 is 2.76 bits per heavy atom. The summed E-state index contributed by atoms with van der Waals surface area (Å²) < 4.78 is 40.8. The van der Waals surface area contributed by atoms with Crippen LogP contribution >= 0.6 is 7.82 Å². The van der Waals surface area contributed by atoms with E-state index in [9.17, 15) is 9.36 Å². The third-order valence-electron chi connectivity index (χ3n) is 7.13. The van der Waals surface area contributed by atoms with Crippen LogP contribution in [0.3, 0.4) is 0 Å². The Hall–Kier alpha value is -3.95. The van der Waals surface area contributed by atoms with Crippen LogP contribution in [0.25, 0.3) is 21.9 Å². The number of hydrogen-bond donors (Lipinski definition) is 4. The largest absolute Gasteiger partial charge is 0.472 e. The van der Waals surface area contributed by atoms with Gasteiger partial charge in [-0.2, -0.15) is 9.97 Å². The van der Waals surface area contributed by atoms with Crippen molar-refractivity contribution < 1.29 is 37.5 Å². The van der Waals surface area contributed by atoms with E-state index < -0.39 is 26.5 Å². The maximum absolute atomic E-state index is 15.0. The molecule has 0 radical (unpaired) electrons. The van der Waals surface area contributed by atoms with Crippen molar-refractivity contribution in [2.24, 2.45) is 5.92 Å². The van der Waals surface area contributed by atoms with E-state index in [-0.39, 0.29) is 11.7 Å². The summed E-state index contributed by atoms with van der Waals surface area (Å²) in [6.07, 6.45) is 3.02. The van der Waals surface area contributed by atoms with Crippen molar-refractivity contribution in [2.45, 2.75) is 19.4 Å². The third-order valence-corrected chi connectivity index (χ3v) is 7.57. The molecule has 2 saturated heterocycles. The Labute approximate surface area is 231 Å².